The van der Waals surface area contributed by atoms with Gasteiger partial charge in [-0.05, 0) is 25.1 Å². The van der Waals surface area contributed by atoms with Crippen LogP contribution in [0.2, 0.25) is 0 Å². The second kappa shape index (κ2) is 4.09. The first-order valence-electron chi connectivity index (χ1n) is 4.59. The van der Waals surface area contributed by atoms with Crippen molar-refractivity contribution in [2.75, 3.05) is 0 Å². The summed E-state index contributed by atoms with van der Waals surface area (Å²) in [5.41, 5.74) is 1.13. The van der Waals surface area contributed by atoms with E-state index >= 15 is 0 Å². The summed E-state index contributed by atoms with van der Waals surface area (Å²) in [6, 6.07) is 4.90. The van der Waals surface area contributed by atoms with Gasteiger partial charge in [0.2, 0.25) is 0 Å². The van der Waals surface area contributed by atoms with Crippen molar-refractivity contribution in [3.63, 3.8) is 0 Å². The highest BCUT2D eigenvalue weighted by molar-refractivity contribution is 7.71. The van der Waals surface area contributed by atoms with Crippen molar-refractivity contribution >= 4 is 12.2 Å². The van der Waals surface area contributed by atoms with Gasteiger partial charge in [-0.1, -0.05) is 12.2 Å². The average molecular weight is 238 g/mol. The van der Waals surface area contributed by atoms with E-state index in [0.717, 1.165) is 11.8 Å². The maximum atomic E-state index is 13.0. The van der Waals surface area contributed by atoms with E-state index in [1.54, 1.807) is 13.0 Å². The molecule has 0 unspecified atom stereocenters. The first-order chi connectivity index (χ1) is 7.54. The standard InChI is InChI=1S/C11H8F2N2S/c1-6-2-10(16)15-11(14-6)7-3-8(12)5-9(13)4-7/h2-5H,1H3,(H,14,15,16). The molecule has 1 aromatic heterocycles. The Morgan fingerprint density at radius 1 is 1.12 bits per heavy atom. The summed E-state index contributed by atoms with van der Waals surface area (Å²) in [4.78, 5) is 6.92. The van der Waals surface area contributed by atoms with Crippen LogP contribution in [-0.2, 0) is 0 Å². The first kappa shape index (κ1) is 10.9. The molecule has 0 saturated carbocycles. The van der Waals surface area contributed by atoms with Crippen LogP contribution < -0.4 is 0 Å². The molecule has 2 aromatic rings. The Morgan fingerprint density at radius 3 is 2.31 bits per heavy atom. The number of nitrogens with one attached hydrogen (secondary N) is 1. The summed E-state index contributed by atoms with van der Waals surface area (Å²) >= 11 is 4.93. The molecule has 1 heterocycles. The minimum absolute atomic E-state index is 0.340. The van der Waals surface area contributed by atoms with Gasteiger partial charge >= 0.3 is 0 Å². The van der Waals surface area contributed by atoms with Crippen molar-refractivity contribution < 1.29 is 8.78 Å². The summed E-state index contributed by atoms with van der Waals surface area (Å²) in [7, 11) is 0. The number of H-pyrrole nitrogens is 1. The Morgan fingerprint density at radius 2 is 1.75 bits per heavy atom. The van der Waals surface area contributed by atoms with Crippen LogP contribution in [0.15, 0.2) is 24.3 Å². The average Bonchev–Trinajstić information content (AvgIpc) is 2.14. The molecular weight excluding hydrogens is 230 g/mol. The third-order valence-corrected chi connectivity index (χ3v) is 2.22. The topological polar surface area (TPSA) is 28.7 Å². The molecule has 0 radical (unpaired) electrons. The van der Waals surface area contributed by atoms with Gasteiger partial charge in [0.1, 0.15) is 22.1 Å². The largest absolute Gasteiger partial charge is 0.343 e. The maximum absolute atomic E-state index is 13.0. The molecule has 0 bridgehead atoms. The van der Waals surface area contributed by atoms with Crippen LogP contribution in [0.4, 0.5) is 8.78 Å². The summed E-state index contributed by atoms with van der Waals surface area (Å²) in [5, 5.41) is 0. The molecule has 0 fully saturated rings. The predicted octanol–water partition coefficient (Wildman–Crippen LogP) is 3.39. The van der Waals surface area contributed by atoms with Crippen molar-refractivity contribution in [1.82, 2.24) is 9.97 Å². The number of aromatic nitrogens is 2. The molecule has 2 rings (SSSR count). The van der Waals surface area contributed by atoms with Crippen molar-refractivity contribution in [2.24, 2.45) is 0 Å². The van der Waals surface area contributed by atoms with E-state index in [-0.39, 0.29) is 0 Å². The fraction of sp³-hybridized carbons (Fsp3) is 0.0909. The van der Waals surface area contributed by atoms with Gasteiger partial charge in [0.25, 0.3) is 0 Å². The van der Waals surface area contributed by atoms with Gasteiger partial charge < -0.3 is 4.98 Å². The molecule has 0 saturated heterocycles. The van der Waals surface area contributed by atoms with E-state index in [4.69, 9.17) is 12.2 Å². The summed E-state index contributed by atoms with van der Waals surface area (Å²) < 4.78 is 26.4. The number of aromatic amines is 1. The number of nitrogens with zero attached hydrogens (tertiary/aromatic N) is 1. The van der Waals surface area contributed by atoms with Gasteiger partial charge in [-0.15, -0.1) is 0 Å². The maximum Gasteiger partial charge on any atom is 0.139 e. The third kappa shape index (κ3) is 2.30. The molecule has 1 N–H and O–H groups in total. The number of hydrogen-bond acceptors (Lipinski definition) is 2. The van der Waals surface area contributed by atoms with E-state index in [9.17, 15) is 8.78 Å². The van der Waals surface area contributed by atoms with Crippen LogP contribution in [0.1, 0.15) is 5.69 Å². The Labute approximate surface area is 96.0 Å². The van der Waals surface area contributed by atoms with Crippen LogP contribution in [0.5, 0.6) is 0 Å². The number of aryl methyl sites for hydroxylation is 1. The van der Waals surface area contributed by atoms with E-state index in [1.165, 1.54) is 12.1 Å². The van der Waals surface area contributed by atoms with Crippen molar-refractivity contribution in [1.29, 1.82) is 0 Å². The Hall–Kier alpha value is -1.62. The van der Waals surface area contributed by atoms with Crippen LogP contribution in [0, 0.1) is 23.2 Å². The number of hydrogen-bond donors (Lipinski definition) is 1. The van der Waals surface area contributed by atoms with Crippen molar-refractivity contribution in [3.8, 4) is 11.4 Å². The molecule has 0 atom stereocenters. The zero-order valence-electron chi connectivity index (χ0n) is 8.42. The lowest BCUT2D eigenvalue weighted by Gasteiger charge is -2.03. The van der Waals surface area contributed by atoms with E-state index < -0.39 is 11.6 Å². The smallest absolute Gasteiger partial charge is 0.139 e. The molecule has 0 amide bonds. The normalized spacial score (nSPS) is 10.4. The highest BCUT2D eigenvalue weighted by Crippen LogP contribution is 2.18. The second-order valence-electron chi connectivity index (χ2n) is 3.41. The molecule has 0 spiro atoms. The highest BCUT2D eigenvalue weighted by Gasteiger charge is 2.05. The van der Waals surface area contributed by atoms with Gasteiger partial charge in [0, 0.05) is 17.3 Å². The predicted molar refractivity (Wildman–Crippen MR) is 59.5 cm³/mol. The summed E-state index contributed by atoms with van der Waals surface area (Å²) in [6.45, 7) is 1.80. The van der Waals surface area contributed by atoms with Gasteiger partial charge in [-0.2, -0.15) is 0 Å². The molecule has 1 aromatic carbocycles. The van der Waals surface area contributed by atoms with Crippen LogP contribution in [-0.4, -0.2) is 9.97 Å². The molecule has 0 aliphatic rings. The fourth-order valence-electron chi connectivity index (χ4n) is 1.41. The third-order valence-electron chi connectivity index (χ3n) is 2.01. The Balaban J connectivity index is 2.62. The van der Waals surface area contributed by atoms with Crippen molar-refractivity contribution in [2.45, 2.75) is 6.92 Å². The zero-order valence-corrected chi connectivity index (χ0v) is 9.24. The van der Waals surface area contributed by atoms with E-state index in [1.807, 2.05) is 0 Å². The van der Waals surface area contributed by atoms with Crippen molar-refractivity contribution in [3.05, 3.63) is 46.2 Å². The molecular formula is C11H8F2N2S. The first-order valence-corrected chi connectivity index (χ1v) is 5.00. The van der Waals surface area contributed by atoms with Crippen LogP contribution in [0.3, 0.4) is 0 Å². The second-order valence-corrected chi connectivity index (χ2v) is 3.83. The molecule has 16 heavy (non-hydrogen) atoms. The van der Waals surface area contributed by atoms with Crippen LogP contribution >= 0.6 is 12.2 Å². The molecule has 2 nitrogen and oxygen atoms in total. The van der Waals surface area contributed by atoms with E-state index in [2.05, 4.69) is 9.97 Å². The number of halogens is 2. The number of rotatable bonds is 1. The Kier molecular flexibility index (Phi) is 2.78. The molecule has 0 aliphatic heterocycles. The highest BCUT2D eigenvalue weighted by atomic mass is 32.1. The van der Waals surface area contributed by atoms with Gasteiger partial charge in [-0.3, -0.25) is 0 Å². The lowest BCUT2D eigenvalue weighted by molar-refractivity contribution is 0.584. The fourth-order valence-corrected chi connectivity index (χ4v) is 1.67. The SMILES string of the molecule is Cc1cc(=S)nc(-c2cc(F)cc(F)c2)[nH]1. The number of benzene rings is 1. The van der Waals surface area contributed by atoms with E-state index in [0.29, 0.717) is 16.0 Å². The van der Waals surface area contributed by atoms with Gasteiger partial charge in [0.15, 0.2) is 0 Å². The zero-order chi connectivity index (χ0) is 11.7. The molecule has 5 heteroatoms. The summed E-state index contributed by atoms with van der Waals surface area (Å²) in [5.74, 6) is -0.918. The van der Waals surface area contributed by atoms with Gasteiger partial charge in [-0.25, -0.2) is 13.8 Å². The molecule has 0 aliphatic carbocycles. The monoisotopic (exact) mass is 238 g/mol. The minimum atomic E-state index is -0.641. The quantitative estimate of drug-likeness (QED) is 0.771. The lowest BCUT2D eigenvalue weighted by Crippen LogP contribution is -1.93. The minimum Gasteiger partial charge on any atom is -0.343 e. The molecule has 82 valence electrons. The lowest BCUT2D eigenvalue weighted by atomic mass is 10.2. The Bertz CT molecular complexity index is 573. The van der Waals surface area contributed by atoms with Gasteiger partial charge in [0.05, 0.1) is 0 Å². The van der Waals surface area contributed by atoms with Crippen LogP contribution in [0.25, 0.3) is 11.4 Å². The summed E-state index contributed by atoms with van der Waals surface area (Å²) in [6.07, 6.45) is 0.